The van der Waals surface area contributed by atoms with E-state index in [4.69, 9.17) is 0 Å². The highest BCUT2D eigenvalue weighted by atomic mass is 16.3. The first kappa shape index (κ1) is 11.8. The van der Waals surface area contributed by atoms with Gasteiger partial charge in [0, 0.05) is 25.0 Å². The molecule has 0 saturated heterocycles. The van der Waals surface area contributed by atoms with Crippen molar-refractivity contribution in [3.8, 4) is 5.82 Å². The van der Waals surface area contributed by atoms with Crippen molar-refractivity contribution >= 4 is 0 Å². The van der Waals surface area contributed by atoms with Gasteiger partial charge in [0.2, 0.25) is 0 Å². The molecule has 0 aromatic carbocycles. The molecule has 2 heterocycles. The van der Waals surface area contributed by atoms with Crippen molar-refractivity contribution in [3.05, 3.63) is 42.1 Å². The summed E-state index contributed by atoms with van der Waals surface area (Å²) >= 11 is 0. The summed E-state index contributed by atoms with van der Waals surface area (Å²) in [5, 5.41) is 9.57. The topological polar surface area (TPSA) is 50.9 Å². The Kier molecular flexibility index (Phi) is 3.54. The van der Waals surface area contributed by atoms with Crippen LogP contribution in [0.4, 0.5) is 0 Å². The fourth-order valence-corrected chi connectivity index (χ4v) is 1.78. The molecule has 1 atom stereocenters. The van der Waals surface area contributed by atoms with Gasteiger partial charge in [-0.1, -0.05) is 6.92 Å². The van der Waals surface area contributed by atoms with Crippen LogP contribution in [0.2, 0.25) is 0 Å². The number of imidazole rings is 1. The Labute approximate surface area is 101 Å². The van der Waals surface area contributed by atoms with Gasteiger partial charge < -0.3 is 5.11 Å². The van der Waals surface area contributed by atoms with Crippen LogP contribution in [0, 0.1) is 0 Å². The van der Waals surface area contributed by atoms with Crippen molar-refractivity contribution in [2.24, 2.45) is 0 Å². The molecule has 2 aromatic heterocycles. The van der Waals surface area contributed by atoms with Crippen LogP contribution in [0.25, 0.3) is 5.82 Å². The monoisotopic (exact) mass is 231 g/mol. The van der Waals surface area contributed by atoms with Gasteiger partial charge in [0.05, 0.1) is 6.10 Å². The van der Waals surface area contributed by atoms with E-state index in [1.54, 1.807) is 19.3 Å². The zero-order valence-corrected chi connectivity index (χ0v) is 10.2. The van der Waals surface area contributed by atoms with Gasteiger partial charge in [0.25, 0.3) is 0 Å². The molecule has 0 aliphatic heterocycles. The molecular weight excluding hydrogens is 214 g/mol. The Morgan fingerprint density at radius 2 is 2.18 bits per heavy atom. The molecule has 0 aliphatic carbocycles. The molecule has 90 valence electrons. The standard InChI is InChI=1S/C13H17N3O/c1-3-4-12-15-7-8-16(12)13-9-11(10(2)17)5-6-14-13/h5-10,17H,3-4H2,1-2H3. The first-order valence-electron chi connectivity index (χ1n) is 5.89. The highest BCUT2D eigenvalue weighted by molar-refractivity contribution is 5.30. The number of rotatable bonds is 4. The van der Waals surface area contributed by atoms with Gasteiger partial charge in [0.1, 0.15) is 11.6 Å². The summed E-state index contributed by atoms with van der Waals surface area (Å²) in [6.07, 6.45) is 6.89. The lowest BCUT2D eigenvalue weighted by molar-refractivity contribution is 0.199. The molecule has 1 N–H and O–H groups in total. The van der Waals surface area contributed by atoms with E-state index >= 15 is 0 Å². The smallest absolute Gasteiger partial charge is 0.138 e. The number of aromatic nitrogens is 3. The van der Waals surface area contributed by atoms with E-state index in [0.29, 0.717) is 0 Å². The average Bonchev–Trinajstić information content (AvgIpc) is 2.78. The van der Waals surface area contributed by atoms with Crippen LogP contribution in [0.3, 0.4) is 0 Å². The van der Waals surface area contributed by atoms with Gasteiger partial charge >= 0.3 is 0 Å². The molecule has 0 amide bonds. The van der Waals surface area contributed by atoms with Crippen LogP contribution >= 0.6 is 0 Å². The molecule has 2 aromatic rings. The molecular formula is C13H17N3O. The molecule has 17 heavy (non-hydrogen) atoms. The zero-order valence-electron chi connectivity index (χ0n) is 10.2. The predicted molar refractivity (Wildman–Crippen MR) is 66.0 cm³/mol. The second kappa shape index (κ2) is 5.10. The lowest BCUT2D eigenvalue weighted by Crippen LogP contribution is -2.03. The largest absolute Gasteiger partial charge is 0.389 e. The van der Waals surface area contributed by atoms with Crippen molar-refractivity contribution in [3.63, 3.8) is 0 Å². The van der Waals surface area contributed by atoms with Crippen LogP contribution < -0.4 is 0 Å². The van der Waals surface area contributed by atoms with Gasteiger partial charge in [-0.05, 0) is 31.0 Å². The van der Waals surface area contributed by atoms with Crippen molar-refractivity contribution < 1.29 is 5.11 Å². The first-order chi connectivity index (χ1) is 8.22. The number of aliphatic hydroxyl groups is 1. The van der Waals surface area contributed by atoms with Crippen LogP contribution in [0.15, 0.2) is 30.7 Å². The second-order valence-electron chi connectivity index (χ2n) is 4.09. The summed E-state index contributed by atoms with van der Waals surface area (Å²) in [7, 11) is 0. The highest BCUT2D eigenvalue weighted by Gasteiger charge is 2.07. The van der Waals surface area contributed by atoms with E-state index in [1.165, 1.54) is 0 Å². The van der Waals surface area contributed by atoms with Crippen molar-refractivity contribution in [1.29, 1.82) is 0 Å². The van der Waals surface area contributed by atoms with E-state index < -0.39 is 6.10 Å². The molecule has 1 unspecified atom stereocenters. The van der Waals surface area contributed by atoms with Crippen LogP contribution in [0.5, 0.6) is 0 Å². The van der Waals surface area contributed by atoms with E-state index in [2.05, 4.69) is 16.9 Å². The molecule has 0 fully saturated rings. The second-order valence-corrected chi connectivity index (χ2v) is 4.09. The van der Waals surface area contributed by atoms with Gasteiger partial charge in [-0.15, -0.1) is 0 Å². The van der Waals surface area contributed by atoms with Crippen LogP contribution in [-0.2, 0) is 6.42 Å². The van der Waals surface area contributed by atoms with E-state index in [0.717, 1.165) is 30.0 Å². The molecule has 2 rings (SSSR count). The Bertz CT molecular complexity index is 491. The third kappa shape index (κ3) is 2.53. The first-order valence-corrected chi connectivity index (χ1v) is 5.89. The minimum Gasteiger partial charge on any atom is -0.389 e. The third-order valence-electron chi connectivity index (χ3n) is 2.69. The van der Waals surface area contributed by atoms with Gasteiger partial charge in [0.15, 0.2) is 0 Å². The fourth-order valence-electron chi connectivity index (χ4n) is 1.78. The summed E-state index contributed by atoms with van der Waals surface area (Å²) in [6, 6.07) is 3.72. The fraction of sp³-hybridized carbons (Fsp3) is 0.385. The maximum absolute atomic E-state index is 9.57. The Balaban J connectivity index is 2.38. The van der Waals surface area contributed by atoms with E-state index in [9.17, 15) is 5.11 Å². The highest BCUT2D eigenvalue weighted by Crippen LogP contribution is 2.16. The SMILES string of the molecule is CCCc1nccn1-c1cc(C(C)O)ccn1. The third-order valence-corrected chi connectivity index (χ3v) is 2.69. The number of aryl methyl sites for hydroxylation is 1. The van der Waals surface area contributed by atoms with Gasteiger partial charge in [-0.25, -0.2) is 9.97 Å². The Hall–Kier alpha value is -1.68. The summed E-state index contributed by atoms with van der Waals surface area (Å²) in [4.78, 5) is 8.64. The summed E-state index contributed by atoms with van der Waals surface area (Å²) in [5.74, 6) is 1.81. The van der Waals surface area contributed by atoms with Gasteiger partial charge in [-0.3, -0.25) is 4.57 Å². The summed E-state index contributed by atoms with van der Waals surface area (Å²) < 4.78 is 1.97. The Morgan fingerprint density at radius 1 is 1.35 bits per heavy atom. The number of hydrogen-bond acceptors (Lipinski definition) is 3. The number of aliphatic hydroxyl groups excluding tert-OH is 1. The summed E-state index contributed by atoms with van der Waals surface area (Å²) in [6.45, 7) is 3.87. The zero-order chi connectivity index (χ0) is 12.3. The minimum absolute atomic E-state index is 0.477. The molecule has 4 heteroatoms. The number of nitrogens with zero attached hydrogens (tertiary/aromatic N) is 3. The Morgan fingerprint density at radius 3 is 2.88 bits per heavy atom. The van der Waals surface area contributed by atoms with Crippen molar-refractivity contribution in [1.82, 2.24) is 14.5 Å². The lowest BCUT2D eigenvalue weighted by Gasteiger charge is -2.09. The predicted octanol–water partition coefficient (Wildman–Crippen LogP) is 2.27. The quantitative estimate of drug-likeness (QED) is 0.878. The maximum Gasteiger partial charge on any atom is 0.138 e. The number of pyridine rings is 1. The number of hydrogen-bond donors (Lipinski definition) is 1. The molecule has 0 radical (unpaired) electrons. The van der Waals surface area contributed by atoms with Crippen molar-refractivity contribution in [2.75, 3.05) is 0 Å². The van der Waals surface area contributed by atoms with Crippen LogP contribution in [-0.4, -0.2) is 19.6 Å². The van der Waals surface area contributed by atoms with Gasteiger partial charge in [-0.2, -0.15) is 0 Å². The molecule has 0 saturated carbocycles. The molecule has 0 aliphatic rings. The molecule has 0 bridgehead atoms. The molecule has 4 nitrogen and oxygen atoms in total. The average molecular weight is 231 g/mol. The maximum atomic E-state index is 9.57. The van der Waals surface area contributed by atoms with Crippen LogP contribution in [0.1, 0.15) is 37.8 Å². The molecule has 0 spiro atoms. The summed E-state index contributed by atoms with van der Waals surface area (Å²) in [5.41, 5.74) is 0.867. The minimum atomic E-state index is -0.477. The van der Waals surface area contributed by atoms with Crippen molar-refractivity contribution in [2.45, 2.75) is 32.8 Å². The normalized spacial score (nSPS) is 12.6. The lowest BCUT2D eigenvalue weighted by atomic mass is 10.2. The van der Waals surface area contributed by atoms with E-state index in [-0.39, 0.29) is 0 Å². The van der Waals surface area contributed by atoms with E-state index in [1.807, 2.05) is 22.9 Å².